The van der Waals surface area contributed by atoms with Gasteiger partial charge in [-0.05, 0) is 18.6 Å². The number of non-ortho nitro benzene ring substituents is 1. The first-order valence-electron chi connectivity index (χ1n) is 8.88. The number of hydrogen-bond donors (Lipinski definition) is 2. The second-order valence-corrected chi connectivity index (χ2v) is 6.63. The summed E-state index contributed by atoms with van der Waals surface area (Å²) in [5.74, 6) is -0.402. The van der Waals surface area contributed by atoms with Crippen molar-refractivity contribution in [2.75, 3.05) is 11.9 Å². The first-order chi connectivity index (χ1) is 13.5. The quantitative estimate of drug-likeness (QED) is 0.328. The molecule has 2 aromatic rings. The van der Waals surface area contributed by atoms with Gasteiger partial charge in [0.1, 0.15) is 5.70 Å². The SMILES string of the molecule is CCCCNC=C1N=C(c2ccccc2Cl)c2cc([N+](=O)[O-])ccc2NC1=O. The smallest absolute Gasteiger partial charge is 0.275 e. The van der Waals surface area contributed by atoms with E-state index in [1.54, 1.807) is 30.5 Å². The van der Waals surface area contributed by atoms with Crippen LogP contribution in [0.25, 0.3) is 0 Å². The molecule has 0 bridgehead atoms. The first kappa shape index (κ1) is 19.6. The van der Waals surface area contributed by atoms with E-state index in [0.29, 0.717) is 34.1 Å². The van der Waals surface area contributed by atoms with Gasteiger partial charge in [-0.15, -0.1) is 0 Å². The second-order valence-electron chi connectivity index (χ2n) is 6.22. The number of hydrogen-bond acceptors (Lipinski definition) is 5. The number of benzodiazepines with no additional fused rings is 1. The molecule has 2 N–H and O–H groups in total. The Kier molecular flexibility index (Phi) is 6.06. The Hall–Kier alpha value is -3.19. The molecule has 0 fully saturated rings. The van der Waals surface area contributed by atoms with E-state index in [1.807, 2.05) is 0 Å². The van der Waals surface area contributed by atoms with E-state index in [4.69, 9.17) is 11.6 Å². The molecular weight excluding hydrogens is 380 g/mol. The predicted molar refractivity (Wildman–Crippen MR) is 110 cm³/mol. The van der Waals surface area contributed by atoms with Gasteiger partial charge >= 0.3 is 0 Å². The third-order valence-electron chi connectivity index (χ3n) is 4.22. The Labute approximate surface area is 167 Å². The zero-order valence-corrected chi connectivity index (χ0v) is 16.0. The van der Waals surface area contributed by atoms with Crippen molar-refractivity contribution in [2.24, 2.45) is 4.99 Å². The maximum absolute atomic E-state index is 12.6. The summed E-state index contributed by atoms with van der Waals surface area (Å²) in [4.78, 5) is 27.9. The molecule has 1 aliphatic heterocycles. The van der Waals surface area contributed by atoms with Gasteiger partial charge < -0.3 is 10.6 Å². The molecule has 1 amide bonds. The molecule has 0 aliphatic carbocycles. The molecular formula is C20H19ClN4O3. The van der Waals surface area contributed by atoms with Crippen molar-refractivity contribution in [3.05, 3.63) is 80.6 Å². The summed E-state index contributed by atoms with van der Waals surface area (Å²) in [6.45, 7) is 2.78. The van der Waals surface area contributed by atoms with Crippen molar-refractivity contribution in [3.63, 3.8) is 0 Å². The average Bonchev–Trinajstić information content (AvgIpc) is 2.81. The average molecular weight is 399 g/mol. The molecule has 0 saturated heterocycles. The standard InChI is InChI=1S/C20H19ClN4O3/c1-2-3-10-22-12-18-20(26)24-17-9-8-13(25(27)28)11-15(17)19(23-18)14-6-4-5-7-16(14)21/h4-9,11-12,22H,2-3,10H2,1H3,(H,24,26). The van der Waals surface area contributed by atoms with Crippen LogP contribution in [0.15, 0.2) is 59.4 Å². The minimum Gasteiger partial charge on any atom is -0.389 e. The van der Waals surface area contributed by atoms with Crippen molar-refractivity contribution in [1.29, 1.82) is 0 Å². The number of rotatable bonds is 6. The Balaban J connectivity index is 2.16. The number of amides is 1. The molecule has 144 valence electrons. The molecule has 1 aliphatic rings. The summed E-state index contributed by atoms with van der Waals surface area (Å²) >= 11 is 6.35. The molecule has 0 radical (unpaired) electrons. The first-order valence-corrected chi connectivity index (χ1v) is 9.26. The van der Waals surface area contributed by atoms with Crippen LogP contribution in [0.3, 0.4) is 0 Å². The molecule has 3 rings (SSSR count). The van der Waals surface area contributed by atoms with Gasteiger partial charge in [0, 0.05) is 41.0 Å². The van der Waals surface area contributed by atoms with E-state index in [-0.39, 0.29) is 11.4 Å². The number of carbonyl (C=O) groups excluding carboxylic acids is 1. The molecule has 2 aromatic carbocycles. The van der Waals surface area contributed by atoms with Gasteiger partial charge in [0.25, 0.3) is 11.6 Å². The highest BCUT2D eigenvalue weighted by molar-refractivity contribution is 6.36. The number of nitro groups is 1. The lowest BCUT2D eigenvalue weighted by atomic mass is 10.00. The van der Waals surface area contributed by atoms with Crippen LogP contribution in [0.5, 0.6) is 0 Å². The monoisotopic (exact) mass is 398 g/mol. The summed E-state index contributed by atoms with van der Waals surface area (Å²) in [5, 5.41) is 17.5. The van der Waals surface area contributed by atoms with Crippen LogP contribution in [-0.2, 0) is 4.79 Å². The molecule has 1 heterocycles. The lowest BCUT2D eigenvalue weighted by molar-refractivity contribution is -0.384. The van der Waals surface area contributed by atoms with Crippen LogP contribution in [0.1, 0.15) is 30.9 Å². The summed E-state index contributed by atoms with van der Waals surface area (Å²) in [5.41, 5.74) is 1.93. The summed E-state index contributed by atoms with van der Waals surface area (Å²) in [6, 6.07) is 11.3. The molecule has 0 spiro atoms. The number of halogens is 1. The third kappa shape index (κ3) is 4.20. The number of nitrogens with zero attached hydrogens (tertiary/aromatic N) is 2. The fraction of sp³-hybridized carbons (Fsp3) is 0.200. The number of carbonyl (C=O) groups is 1. The Morgan fingerprint density at radius 1 is 1.25 bits per heavy atom. The highest BCUT2D eigenvalue weighted by atomic mass is 35.5. The number of anilines is 1. The minimum absolute atomic E-state index is 0.0961. The number of fused-ring (bicyclic) bond motifs is 1. The highest BCUT2D eigenvalue weighted by Gasteiger charge is 2.24. The van der Waals surface area contributed by atoms with Crippen LogP contribution < -0.4 is 10.6 Å². The van der Waals surface area contributed by atoms with Crippen molar-refractivity contribution in [3.8, 4) is 0 Å². The zero-order valence-electron chi connectivity index (χ0n) is 15.2. The third-order valence-corrected chi connectivity index (χ3v) is 4.55. The van der Waals surface area contributed by atoms with Crippen LogP contribution in [0.2, 0.25) is 5.02 Å². The number of unbranched alkanes of at least 4 members (excludes halogenated alkanes) is 1. The summed E-state index contributed by atoms with van der Waals surface area (Å²) in [7, 11) is 0. The Bertz CT molecular complexity index is 985. The van der Waals surface area contributed by atoms with Gasteiger partial charge in [-0.2, -0.15) is 0 Å². The van der Waals surface area contributed by atoms with E-state index in [1.165, 1.54) is 18.2 Å². The molecule has 0 saturated carbocycles. The summed E-state index contributed by atoms with van der Waals surface area (Å²) in [6.07, 6.45) is 3.53. The molecule has 28 heavy (non-hydrogen) atoms. The van der Waals surface area contributed by atoms with Crippen molar-refractivity contribution in [2.45, 2.75) is 19.8 Å². The van der Waals surface area contributed by atoms with Crippen molar-refractivity contribution < 1.29 is 9.72 Å². The van der Waals surface area contributed by atoms with Crippen molar-refractivity contribution >= 4 is 34.6 Å². The van der Waals surface area contributed by atoms with Crippen LogP contribution in [0.4, 0.5) is 11.4 Å². The lowest BCUT2D eigenvalue weighted by Gasteiger charge is -2.10. The van der Waals surface area contributed by atoms with Crippen molar-refractivity contribution in [1.82, 2.24) is 5.32 Å². The normalized spacial score (nSPS) is 14.7. The topological polar surface area (TPSA) is 96.6 Å². The van der Waals surface area contributed by atoms with Crippen LogP contribution >= 0.6 is 11.6 Å². The fourth-order valence-corrected chi connectivity index (χ4v) is 3.00. The highest BCUT2D eigenvalue weighted by Crippen LogP contribution is 2.31. The van der Waals surface area contributed by atoms with E-state index >= 15 is 0 Å². The van der Waals surface area contributed by atoms with E-state index in [0.717, 1.165) is 12.8 Å². The second kappa shape index (κ2) is 8.67. The Morgan fingerprint density at radius 2 is 2.04 bits per heavy atom. The number of benzene rings is 2. The fourth-order valence-electron chi connectivity index (χ4n) is 2.77. The largest absolute Gasteiger partial charge is 0.389 e. The van der Waals surface area contributed by atoms with E-state index in [9.17, 15) is 14.9 Å². The molecule has 0 unspecified atom stereocenters. The van der Waals surface area contributed by atoms with Gasteiger partial charge in [-0.1, -0.05) is 43.1 Å². The predicted octanol–water partition coefficient (Wildman–Crippen LogP) is 4.27. The molecule has 8 heteroatoms. The number of nitrogens with one attached hydrogen (secondary N) is 2. The van der Waals surface area contributed by atoms with Gasteiger partial charge in [-0.3, -0.25) is 14.9 Å². The lowest BCUT2D eigenvalue weighted by Crippen LogP contribution is -2.16. The number of aliphatic imine (C=N–C) groups is 1. The van der Waals surface area contributed by atoms with Gasteiger partial charge in [-0.25, -0.2) is 4.99 Å². The maximum atomic E-state index is 12.6. The van der Waals surface area contributed by atoms with Crippen LogP contribution in [0, 0.1) is 10.1 Å². The maximum Gasteiger partial charge on any atom is 0.275 e. The van der Waals surface area contributed by atoms with E-state index in [2.05, 4.69) is 22.5 Å². The minimum atomic E-state index is -0.486. The summed E-state index contributed by atoms with van der Waals surface area (Å²) < 4.78 is 0. The van der Waals surface area contributed by atoms with Crippen LogP contribution in [-0.4, -0.2) is 23.1 Å². The van der Waals surface area contributed by atoms with Gasteiger partial charge in [0.2, 0.25) is 0 Å². The zero-order chi connectivity index (χ0) is 20.1. The molecule has 0 atom stereocenters. The molecule has 7 nitrogen and oxygen atoms in total. The molecule has 0 aromatic heterocycles. The van der Waals surface area contributed by atoms with Gasteiger partial charge in [0.05, 0.1) is 16.3 Å². The number of nitro benzene ring substituents is 1. The Morgan fingerprint density at radius 3 is 2.75 bits per heavy atom. The van der Waals surface area contributed by atoms with E-state index < -0.39 is 10.8 Å². The van der Waals surface area contributed by atoms with Gasteiger partial charge in [0.15, 0.2) is 0 Å².